The highest BCUT2D eigenvalue weighted by Gasteiger charge is 2.35. The second-order valence-corrected chi connectivity index (χ2v) is 12.9. The second-order valence-electron chi connectivity index (χ2n) is 11.0. The molecule has 0 radical (unpaired) electrons. The van der Waals surface area contributed by atoms with Crippen LogP contribution in [0.25, 0.3) is 0 Å². The molecule has 0 saturated heterocycles. The summed E-state index contributed by atoms with van der Waals surface area (Å²) in [5.41, 5.74) is 0.814. The number of methoxy groups -OCH3 is 2. The van der Waals surface area contributed by atoms with Crippen molar-refractivity contribution in [3.63, 3.8) is 0 Å². The summed E-state index contributed by atoms with van der Waals surface area (Å²) in [6.45, 7) is 3.42. The van der Waals surface area contributed by atoms with E-state index in [-0.39, 0.29) is 41.2 Å². The Morgan fingerprint density at radius 2 is 1.59 bits per heavy atom. The van der Waals surface area contributed by atoms with Crippen molar-refractivity contribution >= 4 is 27.5 Å². The SMILES string of the molecule is CCOc1ccc(N(CC(=O)N(Cc2ccc(F)cc2)[C@H](CC)C(=O)NC2CCCC2)S(=O)(=O)c2ccc(OC)c(OC)c2)cc1. The third-order valence-corrected chi connectivity index (χ3v) is 9.78. The van der Waals surface area contributed by atoms with Crippen LogP contribution in [0.5, 0.6) is 17.2 Å². The third kappa shape index (κ3) is 8.28. The quantitative estimate of drug-likeness (QED) is 0.236. The van der Waals surface area contributed by atoms with E-state index in [4.69, 9.17) is 14.2 Å². The molecule has 3 aromatic rings. The molecule has 248 valence electrons. The Kier molecular flexibility index (Phi) is 11.9. The molecule has 0 aliphatic heterocycles. The average Bonchev–Trinajstić information content (AvgIpc) is 3.57. The van der Waals surface area contributed by atoms with Crippen LogP contribution >= 0.6 is 0 Å². The summed E-state index contributed by atoms with van der Waals surface area (Å²) in [7, 11) is -1.51. The van der Waals surface area contributed by atoms with Crippen molar-refractivity contribution in [2.75, 3.05) is 31.7 Å². The van der Waals surface area contributed by atoms with Crippen molar-refractivity contribution < 1.29 is 36.6 Å². The molecule has 0 aromatic heterocycles. The van der Waals surface area contributed by atoms with E-state index in [0.29, 0.717) is 23.7 Å². The summed E-state index contributed by atoms with van der Waals surface area (Å²) < 4.78 is 59.5. The van der Waals surface area contributed by atoms with Gasteiger partial charge in [-0.05, 0) is 80.3 Å². The number of hydrogen-bond donors (Lipinski definition) is 1. The van der Waals surface area contributed by atoms with Gasteiger partial charge in [0.2, 0.25) is 11.8 Å². The number of sulfonamides is 1. The zero-order valence-corrected chi connectivity index (χ0v) is 27.5. The van der Waals surface area contributed by atoms with Gasteiger partial charge in [-0.1, -0.05) is 31.9 Å². The molecule has 4 rings (SSSR count). The largest absolute Gasteiger partial charge is 0.494 e. The molecule has 3 aromatic carbocycles. The van der Waals surface area contributed by atoms with Crippen LogP contribution in [0.3, 0.4) is 0 Å². The van der Waals surface area contributed by atoms with Crippen LogP contribution < -0.4 is 23.8 Å². The van der Waals surface area contributed by atoms with Crippen molar-refractivity contribution in [3.8, 4) is 17.2 Å². The highest BCUT2D eigenvalue weighted by Crippen LogP contribution is 2.33. The zero-order valence-electron chi connectivity index (χ0n) is 26.7. The maximum atomic E-state index is 14.3. The number of nitrogens with zero attached hydrogens (tertiary/aromatic N) is 2. The fourth-order valence-corrected chi connectivity index (χ4v) is 7.01. The molecule has 0 bridgehead atoms. The maximum absolute atomic E-state index is 14.3. The molecule has 1 aliphatic carbocycles. The smallest absolute Gasteiger partial charge is 0.264 e. The fourth-order valence-electron chi connectivity index (χ4n) is 5.58. The monoisotopic (exact) mass is 655 g/mol. The standard InChI is InChI=1S/C34H42FN3O7S/c1-5-30(34(40)36-26-9-7-8-10-26)37(22-24-11-13-25(35)14-12-24)33(39)23-38(27-15-17-28(18-16-27)45-6-2)46(41,42)29-19-20-31(43-3)32(21-29)44-4/h11-21,26,30H,5-10,22-23H2,1-4H3,(H,36,40)/t30-/m1/s1. The minimum atomic E-state index is -4.36. The van der Waals surface area contributed by atoms with Gasteiger partial charge in [-0.2, -0.15) is 0 Å². The Bertz CT molecular complexity index is 1580. The first-order chi connectivity index (χ1) is 22.1. The van der Waals surface area contributed by atoms with E-state index in [0.717, 1.165) is 30.0 Å². The van der Waals surface area contributed by atoms with Crippen LogP contribution in [-0.2, 0) is 26.2 Å². The molecule has 46 heavy (non-hydrogen) atoms. The first kappa shape index (κ1) is 34.6. The molecule has 1 fully saturated rings. The lowest BCUT2D eigenvalue weighted by Crippen LogP contribution is -2.53. The number of ether oxygens (including phenoxy) is 3. The molecule has 0 unspecified atom stereocenters. The van der Waals surface area contributed by atoms with Gasteiger partial charge in [0.25, 0.3) is 10.0 Å². The normalized spacial score (nSPS) is 13.9. The van der Waals surface area contributed by atoms with Crippen LogP contribution in [0, 0.1) is 5.82 Å². The Labute approximate surface area is 270 Å². The molecular formula is C34H42FN3O7S. The number of halogens is 1. The van der Waals surface area contributed by atoms with Gasteiger partial charge in [0, 0.05) is 18.7 Å². The van der Waals surface area contributed by atoms with Crippen molar-refractivity contribution in [3.05, 3.63) is 78.1 Å². The summed E-state index contributed by atoms with van der Waals surface area (Å²) in [6.07, 6.45) is 4.05. The van der Waals surface area contributed by atoms with E-state index < -0.39 is 34.3 Å². The molecule has 0 heterocycles. The Morgan fingerprint density at radius 1 is 0.935 bits per heavy atom. The second kappa shape index (κ2) is 15.8. The van der Waals surface area contributed by atoms with E-state index in [1.54, 1.807) is 43.3 Å². The lowest BCUT2D eigenvalue weighted by molar-refractivity contribution is -0.140. The molecule has 2 amide bonds. The van der Waals surface area contributed by atoms with Crippen LogP contribution in [0.4, 0.5) is 10.1 Å². The minimum absolute atomic E-state index is 0.0232. The van der Waals surface area contributed by atoms with Gasteiger partial charge in [0.15, 0.2) is 11.5 Å². The zero-order chi connectivity index (χ0) is 33.3. The highest BCUT2D eigenvalue weighted by atomic mass is 32.2. The lowest BCUT2D eigenvalue weighted by Gasteiger charge is -2.34. The molecule has 1 aliphatic rings. The van der Waals surface area contributed by atoms with Crippen LogP contribution in [0.2, 0.25) is 0 Å². The maximum Gasteiger partial charge on any atom is 0.264 e. The van der Waals surface area contributed by atoms with Crippen molar-refractivity contribution in [1.82, 2.24) is 10.2 Å². The predicted molar refractivity (Wildman–Crippen MR) is 173 cm³/mol. The van der Waals surface area contributed by atoms with Gasteiger partial charge in [0.1, 0.15) is 24.2 Å². The van der Waals surface area contributed by atoms with Gasteiger partial charge in [0.05, 0.1) is 31.4 Å². The summed E-state index contributed by atoms with van der Waals surface area (Å²) in [5, 5.41) is 3.08. The molecule has 1 atom stereocenters. The molecule has 0 spiro atoms. The van der Waals surface area contributed by atoms with E-state index in [2.05, 4.69) is 5.32 Å². The van der Waals surface area contributed by atoms with Crippen LogP contribution in [0.15, 0.2) is 71.6 Å². The number of hydrogen-bond acceptors (Lipinski definition) is 7. The number of rotatable bonds is 15. The Balaban J connectivity index is 1.74. The van der Waals surface area contributed by atoms with Crippen molar-refractivity contribution in [1.29, 1.82) is 0 Å². The average molecular weight is 656 g/mol. The lowest BCUT2D eigenvalue weighted by atomic mass is 10.1. The number of benzene rings is 3. The number of carbonyl (C=O) groups excluding carboxylic acids is 2. The molecule has 1 N–H and O–H groups in total. The molecule has 12 heteroatoms. The first-order valence-electron chi connectivity index (χ1n) is 15.4. The van der Waals surface area contributed by atoms with Gasteiger partial charge < -0.3 is 24.4 Å². The Morgan fingerprint density at radius 3 is 2.17 bits per heavy atom. The summed E-state index contributed by atoms with van der Waals surface area (Å²) in [4.78, 5) is 29.2. The third-order valence-electron chi connectivity index (χ3n) is 8.01. The van der Waals surface area contributed by atoms with Crippen molar-refractivity contribution in [2.24, 2.45) is 0 Å². The highest BCUT2D eigenvalue weighted by molar-refractivity contribution is 7.92. The summed E-state index contributed by atoms with van der Waals surface area (Å²) in [6, 6.07) is 15.4. The van der Waals surface area contributed by atoms with Crippen LogP contribution in [0.1, 0.15) is 51.5 Å². The van der Waals surface area contributed by atoms with Gasteiger partial charge in [-0.3, -0.25) is 13.9 Å². The summed E-state index contributed by atoms with van der Waals surface area (Å²) >= 11 is 0. The number of nitrogens with one attached hydrogen (secondary N) is 1. The summed E-state index contributed by atoms with van der Waals surface area (Å²) in [5.74, 6) is -0.261. The molecule has 1 saturated carbocycles. The van der Waals surface area contributed by atoms with Gasteiger partial charge in [-0.25, -0.2) is 12.8 Å². The van der Waals surface area contributed by atoms with Crippen molar-refractivity contribution in [2.45, 2.75) is 69.5 Å². The molecule has 10 nitrogen and oxygen atoms in total. The van der Waals surface area contributed by atoms with E-state index >= 15 is 0 Å². The predicted octanol–water partition coefficient (Wildman–Crippen LogP) is 5.30. The van der Waals surface area contributed by atoms with E-state index in [1.165, 1.54) is 49.5 Å². The first-order valence-corrected chi connectivity index (χ1v) is 16.9. The van der Waals surface area contributed by atoms with E-state index in [1.807, 2.05) is 6.92 Å². The van der Waals surface area contributed by atoms with Gasteiger partial charge in [-0.15, -0.1) is 0 Å². The van der Waals surface area contributed by atoms with Gasteiger partial charge >= 0.3 is 0 Å². The number of amides is 2. The van der Waals surface area contributed by atoms with E-state index in [9.17, 15) is 22.4 Å². The number of anilines is 1. The fraction of sp³-hybridized carbons (Fsp3) is 0.412. The Hall–Kier alpha value is -4.32. The van der Waals surface area contributed by atoms with Crippen LogP contribution in [-0.4, -0.2) is 64.6 Å². The molecular weight excluding hydrogens is 613 g/mol. The topological polar surface area (TPSA) is 114 Å². The minimum Gasteiger partial charge on any atom is -0.494 e. The number of carbonyl (C=O) groups is 2.